The Hall–Kier alpha value is -2.87. The van der Waals surface area contributed by atoms with Gasteiger partial charge in [0, 0.05) is 6.42 Å². The summed E-state index contributed by atoms with van der Waals surface area (Å²) in [5.41, 5.74) is 2.01. The summed E-state index contributed by atoms with van der Waals surface area (Å²) in [5.74, 6) is 1.29. The van der Waals surface area contributed by atoms with Gasteiger partial charge >= 0.3 is 0 Å². The van der Waals surface area contributed by atoms with Gasteiger partial charge in [-0.15, -0.1) is 0 Å². The monoisotopic (exact) mass is 428 g/mol. The maximum Gasteiger partial charge on any atom is 0.299 e. The quantitative estimate of drug-likeness (QED) is 0.387. The zero-order chi connectivity index (χ0) is 21.4. The minimum absolute atomic E-state index is 0.000778. The fourth-order valence-corrected chi connectivity index (χ4v) is 3.57. The highest BCUT2D eigenvalue weighted by atomic mass is 32.2. The molecule has 0 amide bonds. The molecule has 0 fully saturated rings. The molecule has 0 aliphatic heterocycles. The molecule has 0 heterocycles. The molecule has 3 aromatic rings. The van der Waals surface area contributed by atoms with Gasteiger partial charge in [0.2, 0.25) is 0 Å². The van der Waals surface area contributed by atoms with E-state index in [1.165, 1.54) is 12.1 Å². The first-order valence-corrected chi connectivity index (χ1v) is 10.9. The minimum Gasteiger partial charge on any atom is -0.493 e. The molecule has 30 heavy (non-hydrogen) atoms. The first kappa shape index (κ1) is 21.8. The van der Waals surface area contributed by atoms with Crippen molar-refractivity contribution in [3.8, 4) is 11.5 Å². The fourth-order valence-electron chi connectivity index (χ4n) is 2.61. The first-order chi connectivity index (χ1) is 14.4. The van der Waals surface area contributed by atoms with Gasteiger partial charge < -0.3 is 14.6 Å². The normalized spacial score (nSPS) is 12.3. The summed E-state index contributed by atoms with van der Waals surface area (Å²) in [6.07, 6.45) is -1.50. The molecule has 0 saturated carbocycles. The van der Waals surface area contributed by atoms with Gasteiger partial charge in [-0.25, -0.2) is 4.18 Å². The largest absolute Gasteiger partial charge is 0.493 e. The Balaban J connectivity index is 1.42. The van der Waals surface area contributed by atoms with Crippen LogP contribution in [0.5, 0.6) is 11.5 Å². The molecular weight excluding hydrogens is 404 g/mol. The van der Waals surface area contributed by atoms with Crippen LogP contribution in [0.15, 0.2) is 83.8 Å². The Kier molecular flexibility index (Phi) is 7.46. The fraction of sp³-hybridized carbons (Fsp3) is 0.217. The van der Waals surface area contributed by atoms with Crippen LogP contribution in [0.1, 0.15) is 17.5 Å². The van der Waals surface area contributed by atoms with E-state index in [0.29, 0.717) is 18.1 Å². The molecule has 1 N–H and O–H groups in total. The SMILES string of the molecule is Cc1ccc(S(=O)(=O)OC(O)CCOc2ccc(OCc3ccccc3)cc2)cc1. The molecule has 1 atom stereocenters. The highest BCUT2D eigenvalue weighted by Gasteiger charge is 2.20. The number of benzene rings is 3. The van der Waals surface area contributed by atoms with Crippen LogP contribution < -0.4 is 9.47 Å². The number of ether oxygens (including phenoxy) is 2. The lowest BCUT2D eigenvalue weighted by Crippen LogP contribution is -2.20. The third-order valence-electron chi connectivity index (χ3n) is 4.25. The van der Waals surface area contributed by atoms with Crippen LogP contribution in [0.3, 0.4) is 0 Å². The van der Waals surface area contributed by atoms with Gasteiger partial charge in [-0.1, -0.05) is 48.0 Å². The number of hydrogen-bond donors (Lipinski definition) is 1. The van der Waals surface area contributed by atoms with Gasteiger partial charge in [0.05, 0.1) is 11.5 Å². The van der Waals surface area contributed by atoms with Crippen molar-refractivity contribution < 1.29 is 27.2 Å². The summed E-state index contributed by atoms with van der Waals surface area (Å²) in [6.45, 7) is 2.42. The maximum atomic E-state index is 12.2. The molecule has 7 heteroatoms. The van der Waals surface area contributed by atoms with Crippen LogP contribution in [0.25, 0.3) is 0 Å². The van der Waals surface area contributed by atoms with Gasteiger partial charge in [0.25, 0.3) is 10.1 Å². The molecule has 6 nitrogen and oxygen atoms in total. The van der Waals surface area contributed by atoms with Gasteiger partial charge in [0.15, 0.2) is 6.29 Å². The van der Waals surface area contributed by atoms with E-state index >= 15 is 0 Å². The lowest BCUT2D eigenvalue weighted by molar-refractivity contribution is -0.0256. The molecule has 158 valence electrons. The molecule has 0 bridgehead atoms. The maximum absolute atomic E-state index is 12.2. The van der Waals surface area contributed by atoms with Gasteiger partial charge in [-0.3, -0.25) is 0 Å². The standard InChI is InChI=1S/C23H24O6S/c1-18-7-13-22(14-8-18)30(25,26)29-23(24)15-16-27-20-9-11-21(12-10-20)28-17-19-5-3-2-4-6-19/h2-14,23-24H,15-17H2,1H3. The molecule has 0 aromatic heterocycles. The summed E-state index contributed by atoms with van der Waals surface area (Å²) < 4.78 is 40.4. The van der Waals surface area contributed by atoms with Crippen molar-refractivity contribution in [1.82, 2.24) is 0 Å². The van der Waals surface area contributed by atoms with Crippen molar-refractivity contribution in [2.24, 2.45) is 0 Å². The van der Waals surface area contributed by atoms with E-state index < -0.39 is 16.4 Å². The minimum atomic E-state index is -4.03. The number of aliphatic hydroxyl groups is 1. The second-order valence-corrected chi connectivity index (χ2v) is 8.27. The summed E-state index contributed by atoms with van der Waals surface area (Å²) in [5, 5.41) is 9.90. The van der Waals surface area contributed by atoms with Crippen LogP contribution >= 0.6 is 0 Å². The predicted molar refractivity (Wildman–Crippen MR) is 113 cm³/mol. The van der Waals surface area contributed by atoms with Crippen molar-refractivity contribution in [2.75, 3.05) is 6.61 Å². The van der Waals surface area contributed by atoms with Crippen molar-refractivity contribution in [3.05, 3.63) is 90.0 Å². The van der Waals surface area contributed by atoms with Crippen LogP contribution in [0, 0.1) is 6.92 Å². The second kappa shape index (κ2) is 10.2. The second-order valence-electron chi connectivity index (χ2n) is 6.70. The molecule has 0 spiro atoms. The average Bonchev–Trinajstić information content (AvgIpc) is 2.74. The van der Waals surface area contributed by atoms with Gasteiger partial charge in [0.1, 0.15) is 18.1 Å². The van der Waals surface area contributed by atoms with Gasteiger partial charge in [-0.2, -0.15) is 8.42 Å². The summed E-state index contributed by atoms with van der Waals surface area (Å²) in [6, 6.07) is 23.1. The lowest BCUT2D eigenvalue weighted by Gasteiger charge is -2.13. The summed E-state index contributed by atoms with van der Waals surface area (Å²) in [4.78, 5) is -0.000778. The van der Waals surface area contributed by atoms with E-state index in [0.717, 1.165) is 11.1 Å². The molecule has 0 radical (unpaired) electrons. The first-order valence-electron chi connectivity index (χ1n) is 9.50. The number of hydrogen-bond acceptors (Lipinski definition) is 6. The Morgan fingerprint density at radius 1 is 0.833 bits per heavy atom. The highest BCUT2D eigenvalue weighted by Crippen LogP contribution is 2.20. The molecule has 0 aliphatic carbocycles. The van der Waals surface area contributed by atoms with Crippen LogP contribution in [-0.4, -0.2) is 26.4 Å². The Bertz CT molecular complexity index is 1020. The highest BCUT2D eigenvalue weighted by molar-refractivity contribution is 7.86. The van der Waals surface area contributed by atoms with Crippen molar-refractivity contribution in [2.45, 2.75) is 31.1 Å². The van der Waals surface area contributed by atoms with E-state index in [1.807, 2.05) is 37.3 Å². The van der Waals surface area contributed by atoms with E-state index in [9.17, 15) is 13.5 Å². The Labute approximate surface area is 176 Å². The smallest absolute Gasteiger partial charge is 0.299 e. The summed E-state index contributed by atoms with van der Waals surface area (Å²) in [7, 11) is -4.03. The van der Waals surface area contributed by atoms with E-state index in [2.05, 4.69) is 0 Å². The van der Waals surface area contributed by atoms with Crippen LogP contribution in [0.4, 0.5) is 0 Å². The molecule has 0 saturated heterocycles. The summed E-state index contributed by atoms with van der Waals surface area (Å²) >= 11 is 0. The van der Waals surface area contributed by atoms with Crippen molar-refractivity contribution in [3.63, 3.8) is 0 Å². The zero-order valence-corrected chi connectivity index (χ0v) is 17.4. The number of rotatable bonds is 10. The average molecular weight is 429 g/mol. The van der Waals surface area contributed by atoms with Crippen molar-refractivity contribution in [1.29, 1.82) is 0 Å². The van der Waals surface area contributed by atoms with Crippen LogP contribution in [-0.2, 0) is 20.9 Å². The Morgan fingerprint density at radius 2 is 1.43 bits per heavy atom. The molecule has 3 rings (SSSR count). The lowest BCUT2D eigenvalue weighted by atomic mass is 10.2. The molecule has 3 aromatic carbocycles. The predicted octanol–water partition coefficient (Wildman–Crippen LogP) is 4.07. The van der Waals surface area contributed by atoms with E-state index in [4.69, 9.17) is 13.7 Å². The van der Waals surface area contributed by atoms with Crippen LogP contribution in [0.2, 0.25) is 0 Å². The van der Waals surface area contributed by atoms with Gasteiger partial charge in [-0.05, 0) is 48.9 Å². The zero-order valence-electron chi connectivity index (χ0n) is 16.6. The molecule has 0 aliphatic rings. The number of aryl methyl sites for hydroxylation is 1. The number of aliphatic hydroxyl groups excluding tert-OH is 1. The third kappa shape index (κ3) is 6.59. The molecular formula is C23H24O6S. The Morgan fingerprint density at radius 3 is 2.07 bits per heavy atom. The topological polar surface area (TPSA) is 82.1 Å². The van der Waals surface area contributed by atoms with Crippen molar-refractivity contribution >= 4 is 10.1 Å². The van der Waals surface area contributed by atoms with E-state index in [-0.39, 0.29) is 17.9 Å². The third-order valence-corrected chi connectivity index (χ3v) is 5.58. The molecule has 1 unspecified atom stereocenters. The van der Waals surface area contributed by atoms with E-state index in [1.54, 1.807) is 36.4 Å².